The monoisotopic (exact) mass is 264 g/mol. The highest BCUT2D eigenvalue weighted by Gasteiger charge is 2.31. The molecule has 0 aromatic heterocycles. The van der Waals surface area contributed by atoms with E-state index in [2.05, 4.69) is 17.1 Å². The van der Waals surface area contributed by atoms with Gasteiger partial charge in [0.2, 0.25) is 0 Å². The highest BCUT2D eigenvalue weighted by Crippen LogP contribution is 2.33. The van der Waals surface area contributed by atoms with Gasteiger partial charge in [-0.2, -0.15) is 0 Å². The van der Waals surface area contributed by atoms with Crippen LogP contribution in [0.25, 0.3) is 0 Å². The van der Waals surface area contributed by atoms with Crippen LogP contribution in [-0.2, 0) is 0 Å². The molecule has 2 aliphatic carbocycles. The molecule has 0 aromatic rings. The minimum atomic E-state index is 0.777. The summed E-state index contributed by atoms with van der Waals surface area (Å²) in [6, 6.07) is 2.45. The number of hydrogen-bond donors (Lipinski definition) is 1. The highest BCUT2D eigenvalue weighted by molar-refractivity contribution is 4.88. The molecule has 1 saturated heterocycles. The van der Waals surface area contributed by atoms with Crippen LogP contribution in [0.15, 0.2) is 0 Å². The molecular weight excluding hydrogens is 232 g/mol. The zero-order valence-electron chi connectivity index (χ0n) is 12.7. The van der Waals surface area contributed by atoms with E-state index < -0.39 is 0 Å². The Balaban J connectivity index is 1.46. The van der Waals surface area contributed by atoms with Crippen molar-refractivity contribution in [3.63, 3.8) is 0 Å². The van der Waals surface area contributed by atoms with E-state index in [4.69, 9.17) is 0 Å². The molecule has 2 nitrogen and oxygen atoms in total. The van der Waals surface area contributed by atoms with Gasteiger partial charge in [0.05, 0.1) is 0 Å². The van der Waals surface area contributed by atoms with E-state index in [1.54, 1.807) is 0 Å². The maximum atomic E-state index is 3.98. The van der Waals surface area contributed by atoms with Crippen LogP contribution in [0.2, 0.25) is 0 Å². The van der Waals surface area contributed by atoms with Gasteiger partial charge in [-0.05, 0) is 57.9 Å². The standard InChI is InChI=1S/C17H32N2/c1-14(15-7-5-8-15)19-12-6-11-17(13-19)18-16-9-3-2-4-10-16/h14-18H,2-13H2,1H3. The number of rotatable bonds is 4. The van der Waals surface area contributed by atoms with E-state index in [0.29, 0.717) is 0 Å². The van der Waals surface area contributed by atoms with Crippen molar-refractivity contribution in [1.29, 1.82) is 0 Å². The fraction of sp³-hybridized carbons (Fsp3) is 1.00. The van der Waals surface area contributed by atoms with Gasteiger partial charge in [0.25, 0.3) is 0 Å². The summed E-state index contributed by atoms with van der Waals surface area (Å²) in [6.45, 7) is 5.14. The molecule has 2 unspecified atom stereocenters. The van der Waals surface area contributed by atoms with Crippen LogP contribution in [0.1, 0.15) is 71.1 Å². The largest absolute Gasteiger partial charge is 0.310 e. The first kappa shape index (κ1) is 13.9. The third-order valence-electron chi connectivity index (χ3n) is 5.94. The minimum absolute atomic E-state index is 0.777. The van der Waals surface area contributed by atoms with Crippen molar-refractivity contribution in [2.24, 2.45) is 5.92 Å². The summed E-state index contributed by atoms with van der Waals surface area (Å²) in [5.74, 6) is 1.01. The van der Waals surface area contributed by atoms with Gasteiger partial charge < -0.3 is 5.32 Å². The van der Waals surface area contributed by atoms with Gasteiger partial charge in [0.1, 0.15) is 0 Å². The Kier molecular flexibility index (Phi) is 4.81. The van der Waals surface area contributed by atoms with Crippen LogP contribution in [0.3, 0.4) is 0 Å². The zero-order valence-corrected chi connectivity index (χ0v) is 12.7. The van der Waals surface area contributed by atoms with Crippen molar-refractivity contribution < 1.29 is 0 Å². The fourth-order valence-electron chi connectivity index (χ4n) is 4.34. The highest BCUT2D eigenvalue weighted by atomic mass is 15.2. The third kappa shape index (κ3) is 3.52. The predicted molar refractivity (Wildman–Crippen MR) is 81.4 cm³/mol. The molecule has 19 heavy (non-hydrogen) atoms. The molecule has 2 heteroatoms. The summed E-state index contributed by atoms with van der Waals surface area (Å²) < 4.78 is 0. The molecule has 110 valence electrons. The summed E-state index contributed by atoms with van der Waals surface area (Å²) in [4.78, 5) is 2.79. The van der Waals surface area contributed by atoms with Gasteiger partial charge >= 0.3 is 0 Å². The lowest BCUT2D eigenvalue weighted by Gasteiger charge is -2.44. The van der Waals surface area contributed by atoms with Crippen LogP contribution in [0, 0.1) is 5.92 Å². The Hall–Kier alpha value is -0.0800. The van der Waals surface area contributed by atoms with Crippen molar-refractivity contribution in [3.05, 3.63) is 0 Å². The molecule has 2 saturated carbocycles. The zero-order chi connectivity index (χ0) is 13.1. The lowest BCUT2D eigenvalue weighted by Crippen LogP contribution is -2.53. The van der Waals surface area contributed by atoms with Gasteiger partial charge in [-0.15, -0.1) is 0 Å². The van der Waals surface area contributed by atoms with Gasteiger partial charge in [-0.3, -0.25) is 4.90 Å². The third-order valence-corrected chi connectivity index (χ3v) is 5.94. The molecule has 0 amide bonds. The summed E-state index contributed by atoms with van der Waals surface area (Å²) in [7, 11) is 0. The summed E-state index contributed by atoms with van der Waals surface area (Å²) in [5, 5.41) is 3.98. The first-order valence-electron chi connectivity index (χ1n) is 8.83. The summed E-state index contributed by atoms with van der Waals surface area (Å²) in [6.07, 6.45) is 14.5. The average molecular weight is 264 g/mol. The molecule has 2 atom stereocenters. The van der Waals surface area contributed by atoms with E-state index in [1.807, 2.05) is 0 Å². The average Bonchev–Trinajstić information content (AvgIpc) is 2.38. The summed E-state index contributed by atoms with van der Waals surface area (Å²) in [5.41, 5.74) is 0. The van der Waals surface area contributed by atoms with Crippen LogP contribution >= 0.6 is 0 Å². The second kappa shape index (κ2) is 6.58. The molecular formula is C17H32N2. The maximum Gasteiger partial charge on any atom is 0.0198 e. The number of likely N-dealkylation sites (tertiary alicyclic amines) is 1. The molecule has 0 radical (unpaired) electrons. The molecule has 0 aromatic carbocycles. The van der Waals surface area contributed by atoms with Crippen molar-refractivity contribution in [2.75, 3.05) is 13.1 Å². The Morgan fingerprint density at radius 1 is 0.842 bits per heavy atom. The molecule has 1 heterocycles. The number of piperidine rings is 1. The quantitative estimate of drug-likeness (QED) is 0.835. The normalized spacial score (nSPS) is 33.0. The van der Waals surface area contributed by atoms with Crippen LogP contribution in [0.4, 0.5) is 0 Å². The van der Waals surface area contributed by atoms with Gasteiger partial charge in [0, 0.05) is 24.7 Å². The minimum Gasteiger partial charge on any atom is -0.310 e. The van der Waals surface area contributed by atoms with Crippen LogP contribution in [0.5, 0.6) is 0 Å². The second-order valence-corrected chi connectivity index (χ2v) is 7.27. The fourth-order valence-corrected chi connectivity index (χ4v) is 4.34. The van der Waals surface area contributed by atoms with Gasteiger partial charge in [-0.25, -0.2) is 0 Å². The predicted octanol–water partition coefficient (Wildman–Crippen LogP) is 3.56. The first-order valence-corrected chi connectivity index (χ1v) is 8.83. The van der Waals surface area contributed by atoms with Crippen LogP contribution in [-0.4, -0.2) is 36.1 Å². The Morgan fingerprint density at radius 3 is 2.26 bits per heavy atom. The van der Waals surface area contributed by atoms with E-state index >= 15 is 0 Å². The maximum absolute atomic E-state index is 3.98. The molecule has 1 aliphatic heterocycles. The van der Waals surface area contributed by atoms with E-state index in [-0.39, 0.29) is 0 Å². The Bertz CT molecular complexity index is 268. The van der Waals surface area contributed by atoms with Gasteiger partial charge in [-0.1, -0.05) is 25.7 Å². The molecule has 0 bridgehead atoms. The second-order valence-electron chi connectivity index (χ2n) is 7.27. The first-order chi connectivity index (χ1) is 9.33. The Morgan fingerprint density at radius 2 is 1.58 bits per heavy atom. The molecule has 3 rings (SSSR count). The number of hydrogen-bond acceptors (Lipinski definition) is 2. The SMILES string of the molecule is CC(C1CCC1)N1CCCC(NC2CCCCC2)C1. The van der Waals surface area contributed by atoms with Crippen LogP contribution < -0.4 is 5.32 Å². The Labute approximate surface area is 119 Å². The van der Waals surface area contributed by atoms with E-state index in [9.17, 15) is 0 Å². The van der Waals surface area contributed by atoms with Crippen molar-refractivity contribution in [1.82, 2.24) is 10.2 Å². The summed E-state index contributed by atoms with van der Waals surface area (Å²) >= 11 is 0. The molecule has 3 fully saturated rings. The lowest BCUT2D eigenvalue weighted by molar-refractivity contribution is 0.0725. The molecule has 1 N–H and O–H groups in total. The lowest BCUT2D eigenvalue weighted by atomic mass is 9.79. The molecule has 0 spiro atoms. The van der Waals surface area contributed by atoms with Crippen molar-refractivity contribution in [2.45, 2.75) is 89.3 Å². The topological polar surface area (TPSA) is 15.3 Å². The smallest absolute Gasteiger partial charge is 0.0198 e. The molecule has 3 aliphatic rings. The number of nitrogens with zero attached hydrogens (tertiary/aromatic N) is 1. The van der Waals surface area contributed by atoms with E-state index in [0.717, 1.165) is 24.0 Å². The van der Waals surface area contributed by atoms with Gasteiger partial charge in [0.15, 0.2) is 0 Å². The number of nitrogens with one attached hydrogen (secondary N) is 1. The van der Waals surface area contributed by atoms with E-state index in [1.165, 1.54) is 77.3 Å². The van der Waals surface area contributed by atoms with Crippen molar-refractivity contribution >= 4 is 0 Å². The van der Waals surface area contributed by atoms with Crippen molar-refractivity contribution in [3.8, 4) is 0 Å².